The van der Waals surface area contributed by atoms with Gasteiger partial charge in [0.05, 0.1) is 13.0 Å². The summed E-state index contributed by atoms with van der Waals surface area (Å²) in [5.74, 6) is -0.896. The Kier molecular flexibility index (Phi) is 4.20. The number of nitrogens with one attached hydrogen (secondary N) is 1. The molecule has 0 bridgehead atoms. The highest BCUT2D eigenvalue weighted by atomic mass is 16.5. The molecule has 0 heterocycles. The smallest absolute Gasteiger partial charge is 0.339 e. The number of carboxylic acids is 1. The molecule has 1 amide bonds. The van der Waals surface area contributed by atoms with E-state index in [0.29, 0.717) is 5.75 Å². The highest BCUT2D eigenvalue weighted by Crippen LogP contribution is 2.30. The van der Waals surface area contributed by atoms with Crippen LogP contribution in [0.2, 0.25) is 0 Å². The van der Waals surface area contributed by atoms with Gasteiger partial charge in [-0.15, -0.1) is 0 Å². The summed E-state index contributed by atoms with van der Waals surface area (Å²) in [7, 11) is 1.54. The Morgan fingerprint density at radius 3 is 2.65 bits per heavy atom. The van der Waals surface area contributed by atoms with Gasteiger partial charge in [0.15, 0.2) is 0 Å². The van der Waals surface area contributed by atoms with Crippen LogP contribution in [0.25, 0.3) is 10.8 Å². The summed E-state index contributed by atoms with van der Waals surface area (Å²) >= 11 is 0. The van der Waals surface area contributed by atoms with Crippen LogP contribution in [-0.4, -0.2) is 30.6 Å². The largest absolute Gasteiger partial charge is 0.491 e. The molecule has 104 valence electrons. The fraction of sp³-hybridized carbons (Fsp3) is 0.200. The minimum atomic E-state index is -1.05. The van der Waals surface area contributed by atoms with E-state index >= 15 is 0 Å². The zero-order valence-electron chi connectivity index (χ0n) is 11.1. The van der Waals surface area contributed by atoms with Gasteiger partial charge in [-0.25, -0.2) is 4.79 Å². The van der Waals surface area contributed by atoms with Crippen molar-refractivity contribution in [1.82, 2.24) is 5.32 Å². The highest BCUT2D eigenvalue weighted by Gasteiger charge is 2.15. The van der Waals surface area contributed by atoms with E-state index < -0.39 is 5.97 Å². The number of rotatable bonds is 5. The van der Waals surface area contributed by atoms with Gasteiger partial charge in [-0.2, -0.15) is 0 Å². The Bertz CT molecular complexity index is 651. The van der Waals surface area contributed by atoms with Crippen molar-refractivity contribution in [2.75, 3.05) is 13.7 Å². The van der Waals surface area contributed by atoms with Gasteiger partial charge in [0.25, 0.3) is 0 Å². The van der Waals surface area contributed by atoms with Crippen LogP contribution >= 0.6 is 0 Å². The van der Waals surface area contributed by atoms with Crippen molar-refractivity contribution in [2.24, 2.45) is 0 Å². The number of aromatic carboxylic acids is 1. The molecule has 0 aliphatic carbocycles. The van der Waals surface area contributed by atoms with E-state index in [-0.39, 0.29) is 24.5 Å². The molecular formula is C15H15NO4. The Balaban J connectivity index is 2.34. The first-order valence-electron chi connectivity index (χ1n) is 6.22. The summed E-state index contributed by atoms with van der Waals surface area (Å²) in [5.41, 5.74) is 0.0978. The fourth-order valence-corrected chi connectivity index (χ4v) is 1.94. The molecule has 2 N–H and O–H groups in total. The number of carbonyl (C=O) groups excluding carboxylic acids is 1. The molecule has 2 aromatic rings. The first kappa shape index (κ1) is 13.9. The maximum Gasteiger partial charge on any atom is 0.339 e. The average Bonchev–Trinajstić information content (AvgIpc) is 2.46. The third-order valence-electron chi connectivity index (χ3n) is 2.96. The Morgan fingerprint density at radius 1 is 1.20 bits per heavy atom. The van der Waals surface area contributed by atoms with E-state index in [0.717, 1.165) is 10.8 Å². The van der Waals surface area contributed by atoms with Crippen LogP contribution in [0.3, 0.4) is 0 Å². The minimum Gasteiger partial charge on any atom is -0.491 e. The summed E-state index contributed by atoms with van der Waals surface area (Å²) in [6.07, 6.45) is 0.179. The monoisotopic (exact) mass is 273 g/mol. The zero-order valence-corrected chi connectivity index (χ0v) is 11.1. The van der Waals surface area contributed by atoms with E-state index in [1.807, 2.05) is 18.2 Å². The lowest BCUT2D eigenvalue weighted by Crippen LogP contribution is -2.20. The molecule has 5 nitrogen and oxygen atoms in total. The molecule has 0 radical (unpaired) electrons. The van der Waals surface area contributed by atoms with Gasteiger partial charge in [-0.3, -0.25) is 4.79 Å². The number of hydrogen-bond acceptors (Lipinski definition) is 3. The Hall–Kier alpha value is -2.56. The number of hydrogen-bond donors (Lipinski definition) is 2. The quantitative estimate of drug-likeness (QED) is 0.874. The Morgan fingerprint density at radius 2 is 1.95 bits per heavy atom. The number of carbonyl (C=O) groups is 2. The predicted octanol–water partition coefficient (Wildman–Crippen LogP) is 2.05. The van der Waals surface area contributed by atoms with Crippen molar-refractivity contribution in [2.45, 2.75) is 6.42 Å². The molecule has 2 rings (SSSR count). The van der Waals surface area contributed by atoms with Crippen LogP contribution in [0, 0.1) is 0 Å². The molecule has 0 spiro atoms. The van der Waals surface area contributed by atoms with Gasteiger partial charge in [0.2, 0.25) is 5.91 Å². The lowest BCUT2D eigenvalue weighted by Gasteiger charge is -2.12. The van der Waals surface area contributed by atoms with E-state index in [9.17, 15) is 14.7 Å². The molecule has 0 saturated carbocycles. The van der Waals surface area contributed by atoms with Crippen LogP contribution in [-0.2, 0) is 4.79 Å². The summed E-state index contributed by atoms with van der Waals surface area (Å²) in [5, 5.41) is 13.3. The molecule has 0 aromatic heterocycles. The standard InChI is InChI=1S/C15H15NO4/c1-16-13(17)8-9-20-14-11-5-3-2-4-10(11)6-7-12(14)15(18)19/h2-7H,8-9H2,1H3,(H,16,17)(H,18,19). The first-order valence-corrected chi connectivity index (χ1v) is 6.22. The van der Waals surface area contributed by atoms with Crippen molar-refractivity contribution in [1.29, 1.82) is 0 Å². The van der Waals surface area contributed by atoms with E-state index in [1.54, 1.807) is 19.2 Å². The van der Waals surface area contributed by atoms with Gasteiger partial charge in [0.1, 0.15) is 11.3 Å². The summed E-state index contributed by atoms with van der Waals surface area (Å²) in [4.78, 5) is 22.4. The van der Waals surface area contributed by atoms with Gasteiger partial charge in [0, 0.05) is 12.4 Å². The van der Waals surface area contributed by atoms with E-state index in [2.05, 4.69) is 5.32 Å². The topological polar surface area (TPSA) is 75.6 Å². The molecule has 20 heavy (non-hydrogen) atoms. The molecular weight excluding hydrogens is 258 g/mol. The lowest BCUT2D eigenvalue weighted by atomic mass is 10.1. The van der Waals surface area contributed by atoms with Crippen molar-refractivity contribution < 1.29 is 19.4 Å². The SMILES string of the molecule is CNC(=O)CCOc1c(C(=O)O)ccc2ccccc12. The van der Waals surface area contributed by atoms with Crippen molar-refractivity contribution in [3.8, 4) is 5.75 Å². The predicted molar refractivity (Wildman–Crippen MR) is 75.1 cm³/mol. The number of ether oxygens (including phenoxy) is 1. The van der Waals surface area contributed by atoms with Crippen LogP contribution < -0.4 is 10.1 Å². The van der Waals surface area contributed by atoms with Gasteiger partial charge < -0.3 is 15.2 Å². The molecule has 2 aromatic carbocycles. The number of carboxylic acid groups (broad SMARTS) is 1. The highest BCUT2D eigenvalue weighted by molar-refractivity contribution is 6.00. The van der Waals surface area contributed by atoms with Crippen molar-refractivity contribution in [3.63, 3.8) is 0 Å². The second-order valence-electron chi connectivity index (χ2n) is 4.24. The number of fused-ring (bicyclic) bond motifs is 1. The van der Waals surface area contributed by atoms with Gasteiger partial charge >= 0.3 is 5.97 Å². The first-order chi connectivity index (χ1) is 9.63. The number of amides is 1. The van der Waals surface area contributed by atoms with Crippen molar-refractivity contribution >= 4 is 22.6 Å². The average molecular weight is 273 g/mol. The summed E-state index contributed by atoms with van der Waals surface area (Å²) < 4.78 is 5.54. The molecule has 0 fully saturated rings. The molecule has 0 aliphatic rings. The Labute approximate surface area is 116 Å². The van der Waals surface area contributed by atoms with Crippen LogP contribution in [0.1, 0.15) is 16.8 Å². The van der Waals surface area contributed by atoms with Crippen LogP contribution in [0.4, 0.5) is 0 Å². The van der Waals surface area contributed by atoms with Gasteiger partial charge in [-0.1, -0.05) is 30.3 Å². The molecule has 0 aliphatic heterocycles. The van der Waals surface area contributed by atoms with Crippen molar-refractivity contribution in [3.05, 3.63) is 42.0 Å². The number of benzene rings is 2. The lowest BCUT2D eigenvalue weighted by molar-refractivity contribution is -0.121. The molecule has 5 heteroatoms. The van der Waals surface area contributed by atoms with E-state index in [4.69, 9.17) is 4.74 Å². The molecule has 0 unspecified atom stereocenters. The van der Waals surface area contributed by atoms with Crippen LogP contribution in [0.5, 0.6) is 5.75 Å². The zero-order chi connectivity index (χ0) is 14.5. The molecule has 0 atom stereocenters. The summed E-state index contributed by atoms with van der Waals surface area (Å²) in [6.45, 7) is 0.133. The third kappa shape index (κ3) is 2.88. The minimum absolute atomic E-state index is 0.0978. The maximum absolute atomic E-state index is 11.3. The molecule has 0 saturated heterocycles. The summed E-state index contributed by atoms with van der Waals surface area (Å²) in [6, 6.07) is 10.6. The normalized spacial score (nSPS) is 10.2. The van der Waals surface area contributed by atoms with E-state index in [1.165, 1.54) is 6.07 Å². The van der Waals surface area contributed by atoms with Crippen LogP contribution in [0.15, 0.2) is 36.4 Å². The second-order valence-corrected chi connectivity index (χ2v) is 4.24. The fourth-order valence-electron chi connectivity index (χ4n) is 1.94. The third-order valence-corrected chi connectivity index (χ3v) is 2.96. The van der Waals surface area contributed by atoms with Gasteiger partial charge in [-0.05, 0) is 11.5 Å². The second kappa shape index (κ2) is 6.06. The maximum atomic E-state index is 11.3.